The first-order chi connectivity index (χ1) is 14.5. The third kappa shape index (κ3) is 3.96. The number of aryl methyl sites for hydroxylation is 1. The van der Waals surface area contributed by atoms with E-state index >= 15 is 0 Å². The van der Waals surface area contributed by atoms with Crippen LogP contribution in [0.25, 0.3) is 10.9 Å². The van der Waals surface area contributed by atoms with Gasteiger partial charge in [-0.05, 0) is 49.4 Å². The number of piperazine rings is 1. The van der Waals surface area contributed by atoms with Crippen LogP contribution in [0.2, 0.25) is 5.02 Å². The van der Waals surface area contributed by atoms with Gasteiger partial charge in [0.2, 0.25) is 0 Å². The van der Waals surface area contributed by atoms with Crippen LogP contribution in [0.3, 0.4) is 0 Å². The van der Waals surface area contributed by atoms with Gasteiger partial charge in [0.05, 0.1) is 23.9 Å². The molecule has 3 aromatic rings. The van der Waals surface area contributed by atoms with Gasteiger partial charge in [-0.25, -0.2) is 0 Å². The van der Waals surface area contributed by atoms with E-state index in [9.17, 15) is 9.59 Å². The summed E-state index contributed by atoms with van der Waals surface area (Å²) in [6, 6.07) is 14.4. The molecule has 0 N–H and O–H groups in total. The molecular weight excluding hydrogens is 402 g/mol. The lowest BCUT2D eigenvalue weighted by Crippen LogP contribution is -2.50. The fourth-order valence-electron chi connectivity index (χ4n) is 3.68. The molecule has 154 valence electrons. The summed E-state index contributed by atoms with van der Waals surface area (Å²) in [5.74, 6) is 0.517. The molecule has 2 heterocycles. The fraction of sp³-hybridized carbons (Fsp3) is 0.261. The van der Waals surface area contributed by atoms with Crippen LogP contribution < -0.4 is 4.74 Å². The number of carbonyl (C=O) groups is 2. The van der Waals surface area contributed by atoms with Gasteiger partial charge in [-0.3, -0.25) is 14.6 Å². The Hall–Kier alpha value is -3.12. The summed E-state index contributed by atoms with van der Waals surface area (Å²) in [5.41, 5.74) is 2.64. The minimum atomic E-state index is -0.0737. The SMILES string of the molecule is COc1cccc(C(=O)N2CCN(C(=O)c3cc4cc(Cl)ccc4nc3C)CC2)c1. The summed E-state index contributed by atoms with van der Waals surface area (Å²) in [7, 11) is 1.57. The van der Waals surface area contributed by atoms with E-state index in [4.69, 9.17) is 16.3 Å². The van der Waals surface area contributed by atoms with Gasteiger partial charge in [-0.1, -0.05) is 17.7 Å². The van der Waals surface area contributed by atoms with E-state index in [2.05, 4.69) is 4.98 Å². The van der Waals surface area contributed by atoms with Crippen molar-refractivity contribution in [2.75, 3.05) is 33.3 Å². The average molecular weight is 424 g/mol. The van der Waals surface area contributed by atoms with E-state index in [1.165, 1.54) is 0 Å². The van der Waals surface area contributed by atoms with Crippen molar-refractivity contribution >= 4 is 34.3 Å². The van der Waals surface area contributed by atoms with Crippen LogP contribution in [-0.2, 0) is 0 Å². The van der Waals surface area contributed by atoms with E-state index in [-0.39, 0.29) is 11.8 Å². The Labute approximate surface area is 180 Å². The Bertz CT molecular complexity index is 1120. The van der Waals surface area contributed by atoms with Crippen molar-refractivity contribution in [2.45, 2.75) is 6.92 Å². The van der Waals surface area contributed by atoms with Crippen LogP contribution in [0.5, 0.6) is 5.75 Å². The topological polar surface area (TPSA) is 62.7 Å². The zero-order valence-electron chi connectivity index (χ0n) is 16.9. The number of pyridine rings is 1. The minimum absolute atomic E-state index is 0.0563. The number of nitrogens with zero attached hydrogens (tertiary/aromatic N) is 3. The third-order valence-corrected chi connectivity index (χ3v) is 5.60. The predicted octanol–water partition coefficient (Wildman–Crippen LogP) is 3.80. The van der Waals surface area contributed by atoms with Crippen molar-refractivity contribution in [1.29, 1.82) is 0 Å². The van der Waals surface area contributed by atoms with Gasteiger partial charge in [-0.2, -0.15) is 0 Å². The second-order valence-electron chi connectivity index (χ2n) is 7.27. The number of ether oxygens (including phenoxy) is 1. The summed E-state index contributed by atoms with van der Waals surface area (Å²) >= 11 is 6.09. The van der Waals surface area contributed by atoms with Crippen molar-refractivity contribution in [3.8, 4) is 5.75 Å². The Morgan fingerprint density at radius 3 is 2.37 bits per heavy atom. The highest BCUT2D eigenvalue weighted by Gasteiger charge is 2.27. The van der Waals surface area contributed by atoms with Crippen molar-refractivity contribution in [3.05, 3.63) is 70.4 Å². The number of benzene rings is 2. The number of hydrogen-bond donors (Lipinski definition) is 0. The monoisotopic (exact) mass is 423 g/mol. The van der Waals surface area contributed by atoms with Crippen LogP contribution >= 0.6 is 11.6 Å². The first kappa shape index (κ1) is 20.2. The second kappa shape index (κ2) is 8.32. The maximum absolute atomic E-state index is 13.1. The number of carbonyl (C=O) groups excluding carboxylic acids is 2. The zero-order valence-corrected chi connectivity index (χ0v) is 17.6. The normalized spacial score (nSPS) is 14.1. The highest BCUT2D eigenvalue weighted by molar-refractivity contribution is 6.31. The molecule has 4 rings (SSSR count). The summed E-state index contributed by atoms with van der Waals surface area (Å²) in [4.78, 5) is 34.0. The number of rotatable bonds is 3. The maximum atomic E-state index is 13.1. The first-order valence-electron chi connectivity index (χ1n) is 9.76. The first-order valence-corrected chi connectivity index (χ1v) is 10.1. The Kier molecular flexibility index (Phi) is 5.59. The molecule has 0 bridgehead atoms. The third-order valence-electron chi connectivity index (χ3n) is 5.37. The molecule has 0 unspecified atom stereocenters. The molecule has 0 saturated carbocycles. The maximum Gasteiger partial charge on any atom is 0.255 e. The Morgan fingerprint density at radius 1 is 0.967 bits per heavy atom. The predicted molar refractivity (Wildman–Crippen MR) is 116 cm³/mol. The zero-order chi connectivity index (χ0) is 21.3. The molecule has 0 spiro atoms. The van der Waals surface area contributed by atoms with Gasteiger partial charge in [0, 0.05) is 42.2 Å². The Balaban J connectivity index is 1.47. The van der Waals surface area contributed by atoms with E-state index in [1.807, 2.05) is 25.1 Å². The van der Waals surface area contributed by atoms with E-state index < -0.39 is 0 Å². The van der Waals surface area contributed by atoms with E-state index in [0.29, 0.717) is 53.8 Å². The molecule has 2 amide bonds. The number of methoxy groups -OCH3 is 1. The van der Waals surface area contributed by atoms with E-state index in [0.717, 1.165) is 10.9 Å². The van der Waals surface area contributed by atoms with Crippen molar-refractivity contribution in [1.82, 2.24) is 14.8 Å². The smallest absolute Gasteiger partial charge is 0.255 e. The lowest BCUT2D eigenvalue weighted by molar-refractivity contribution is 0.0534. The quantitative estimate of drug-likeness (QED) is 0.642. The highest BCUT2D eigenvalue weighted by atomic mass is 35.5. The molecule has 1 saturated heterocycles. The summed E-state index contributed by atoms with van der Waals surface area (Å²) in [6.07, 6.45) is 0. The molecule has 0 aliphatic carbocycles. The standard InChI is InChI=1S/C23H22ClN3O3/c1-15-20(14-17-12-18(24)6-7-21(17)25-15)23(29)27-10-8-26(9-11-27)22(28)16-4-3-5-19(13-16)30-2/h3-7,12-14H,8-11H2,1-2H3. The molecule has 1 aliphatic rings. The largest absolute Gasteiger partial charge is 0.497 e. The van der Waals surface area contributed by atoms with Gasteiger partial charge in [-0.15, -0.1) is 0 Å². The van der Waals surface area contributed by atoms with Crippen molar-refractivity contribution < 1.29 is 14.3 Å². The van der Waals surface area contributed by atoms with Crippen molar-refractivity contribution in [2.24, 2.45) is 0 Å². The number of fused-ring (bicyclic) bond motifs is 1. The van der Waals surface area contributed by atoms with Gasteiger partial charge in [0.1, 0.15) is 5.75 Å². The van der Waals surface area contributed by atoms with Gasteiger partial charge in [0.15, 0.2) is 0 Å². The fourth-order valence-corrected chi connectivity index (χ4v) is 3.86. The molecule has 1 aromatic heterocycles. The molecular formula is C23H22ClN3O3. The molecule has 1 fully saturated rings. The van der Waals surface area contributed by atoms with Crippen LogP contribution in [0, 0.1) is 6.92 Å². The van der Waals surface area contributed by atoms with Crippen molar-refractivity contribution in [3.63, 3.8) is 0 Å². The number of halogens is 1. The lowest BCUT2D eigenvalue weighted by atomic mass is 10.1. The van der Waals surface area contributed by atoms with Crippen LogP contribution in [0.4, 0.5) is 0 Å². The van der Waals surface area contributed by atoms with Gasteiger partial charge in [0.25, 0.3) is 11.8 Å². The number of hydrogen-bond acceptors (Lipinski definition) is 4. The van der Waals surface area contributed by atoms with Gasteiger partial charge >= 0.3 is 0 Å². The van der Waals surface area contributed by atoms with E-state index in [1.54, 1.807) is 47.2 Å². The van der Waals surface area contributed by atoms with Gasteiger partial charge < -0.3 is 14.5 Å². The highest BCUT2D eigenvalue weighted by Crippen LogP contribution is 2.22. The molecule has 2 aromatic carbocycles. The molecule has 7 heteroatoms. The number of amides is 2. The minimum Gasteiger partial charge on any atom is -0.497 e. The molecule has 6 nitrogen and oxygen atoms in total. The average Bonchev–Trinajstić information content (AvgIpc) is 2.78. The van der Waals surface area contributed by atoms with Crippen LogP contribution in [-0.4, -0.2) is 59.9 Å². The molecule has 1 aliphatic heterocycles. The summed E-state index contributed by atoms with van der Waals surface area (Å²) in [6.45, 7) is 3.74. The second-order valence-corrected chi connectivity index (χ2v) is 7.71. The lowest BCUT2D eigenvalue weighted by Gasteiger charge is -2.35. The van der Waals surface area contributed by atoms with Crippen LogP contribution in [0.1, 0.15) is 26.4 Å². The molecule has 30 heavy (non-hydrogen) atoms. The Morgan fingerprint density at radius 2 is 1.67 bits per heavy atom. The molecule has 0 radical (unpaired) electrons. The van der Waals surface area contributed by atoms with Crippen LogP contribution in [0.15, 0.2) is 48.5 Å². The number of aromatic nitrogens is 1. The summed E-state index contributed by atoms with van der Waals surface area (Å²) < 4.78 is 5.20. The summed E-state index contributed by atoms with van der Waals surface area (Å²) in [5, 5.41) is 1.44. The molecule has 0 atom stereocenters.